The maximum Gasteiger partial charge on any atom is 0.0530 e. The first-order valence-corrected chi connectivity index (χ1v) is 4.54. The van der Waals surface area contributed by atoms with E-state index in [2.05, 4.69) is 16.8 Å². The molecule has 0 aliphatic carbocycles. The van der Waals surface area contributed by atoms with Gasteiger partial charge in [-0.2, -0.15) is 0 Å². The first kappa shape index (κ1) is 9.88. The summed E-state index contributed by atoms with van der Waals surface area (Å²) >= 11 is 5.50. The number of aryl methyl sites for hydroxylation is 1. The van der Waals surface area contributed by atoms with Gasteiger partial charge < -0.3 is 5.73 Å². The molecule has 0 radical (unpaired) electrons. The summed E-state index contributed by atoms with van der Waals surface area (Å²) in [5, 5.41) is 0. The van der Waals surface area contributed by atoms with Crippen molar-refractivity contribution in [3.05, 3.63) is 23.5 Å². The third-order valence-corrected chi connectivity index (χ3v) is 1.74. The molecule has 0 aliphatic rings. The number of halogens is 1. The molecule has 0 atom stereocenters. The van der Waals surface area contributed by atoms with Crippen molar-refractivity contribution in [3.8, 4) is 11.8 Å². The summed E-state index contributed by atoms with van der Waals surface area (Å²) in [5.41, 5.74) is 7.99. The molecule has 68 valence electrons. The van der Waals surface area contributed by atoms with Gasteiger partial charge in [-0.3, -0.25) is 4.98 Å². The minimum absolute atomic E-state index is 0.557. The molecule has 2 nitrogen and oxygen atoms in total. The van der Waals surface area contributed by atoms with Gasteiger partial charge in [0.1, 0.15) is 0 Å². The average molecular weight is 195 g/mol. The van der Waals surface area contributed by atoms with Gasteiger partial charge in [-0.15, -0.1) is 11.6 Å². The van der Waals surface area contributed by atoms with Gasteiger partial charge in [-0.25, -0.2) is 0 Å². The lowest BCUT2D eigenvalue weighted by atomic mass is 10.2. The fourth-order valence-corrected chi connectivity index (χ4v) is 0.975. The number of pyridine rings is 1. The van der Waals surface area contributed by atoms with Crippen molar-refractivity contribution < 1.29 is 0 Å². The highest BCUT2D eigenvalue weighted by molar-refractivity contribution is 6.18. The number of alkyl halides is 1. The van der Waals surface area contributed by atoms with E-state index in [4.69, 9.17) is 17.3 Å². The molecule has 1 aromatic heterocycles. The Kier molecular flexibility index (Phi) is 3.60. The minimum Gasteiger partial charge on any atom is -0.397 e. The van der Waals surface area contributed by atoms with Crippen LogP contribution in [-0.4, -0.2) is 10.9 Å². The van der Waals surface area contributed by atoms with Crippen LogP contribution in [-0.2, 0) is 0 Å². The number of nitrogen functional groups attached to an aromatic ring is 1. The van der Waals surface area contributed by atoms with Crippen molar-refractivity contribution in [2.24, 2.45) is 0 Å². The lowest BCUT2D eigenvalue weighted by Crippen LogP contribution is -1.92. The lowest BCUT2D eigenvalue weighted by molar-refractivity contribution is 1.19. The van der Waals surface area contributed by atoms with E-state index >= 15 is 0 Å². The van der Waals surface area contributed by atoms with E-state index in [1.54, 1.807) is 6.20 Å². The standard InChI is InChI=1S/C10H11ClN2/c1-8-9(4-2-3-5-11)6-10(12)7-13-8/h6-7H,3,5,12H2,1H3. The average Bonchev–Trinajstić information content (AvgIpc) is 2.11. The molecule has 0 fully saturated rings. The quantitative estimate of drug-likeness (QED) is 0.548. The smallest absolute Gasteiger partial charge is 0.0530 e. The highest BCUT2D eigenvalue weighted by Crippen LogP contribution is 2.07. The number of aromatic nitrogens is 1. The second kappa shape index (κ2) is 4.74. The molecule has 1 aromatic rings. The van der Waals surface area contributed by atoms with Gasteiger partial charge in [-0.1, -0.05) is 11.8 Å². The zero-order valence-corrected chi connectivity index (χ0v) is 8.23. The fourth-order valence-electron chi connectivity index (χ4n) is 0.881. The normalized spacial score (nSPS) is 9.08. The molecule has 0 amide bonds. The van der Waals surface area contributed by atoms with E-state index in [-0.39, 0.29) is 0 Å². The van der Waals surface area contributed by atoms with Crippen LogP contribution in [0.15, 0.2) is 12.3 Å². The maximum atomic E-state index is 5.58. The Morgan fingerprint density at radius 2 is 2.38 bits per heavy atom. The third kappa shape index (κ3) is 2.96. The molecule has 0 aromatic carbocycles. The highest BCUT2D eigenvalue weighted by atomic mass is 35.5. The predicted molar refractivity (Wildman–Crippen MR) is 55.6 cm³/mol. The summed E-state index contributed by atoms with van der Waals surface area (Å²) in [6.07, 6.45) is 2.32. The number of nitrogens with two attached hydrogens (primary N) is 1. The predicted octanol–water partition coefficient (Wildman–Crippen LogP) is 1.95. The van der Waals surface area contributed by atoms with E-state index in [0.29, 0.717) is 18.0 Å². The van der Waals surface area contributed by atoms with Crippen LogP contribution in [0.4, 0.5) is 5.69 Å². The number of hydrogen-bond donors (Lipinski definition) is 1. The zero-order chi connectivity index (χ0) is 9.68. The van der Waals surface area contributed by atoms with Crippen LogP contribution in [0.2, 0.25) is 0 Å². The van der Waals surface area contributed by atoms with Gasteiger partial charge in [0.05, 0.1) is 17.6 Å². The molecular weight excluding hydrogens is 184 g/mol. The van der Waals surface area contributed by atoms with Crippen molar-refractivity contribution >= 4 is 17.3 Å². The van der Waals surface area contributed by atoms with E-state index in [1.165, 1.54) is 0 Å². The van der Waals surface area contributed by atoms with Crippen LogP contribution in [0.25, 0.3) is 0 Å². The van der Waals surface area contributed by atoms with E-state index in [9.17, 15) is 0 Å². The summed E-state index contributed by atoms with van der Waals surface area (Å²) in [4.78, 5) is 4.10. The second-order valence-electron chi connectivity index (χ2n) is 2.64. The maximum absolute atomic E-state index is 5.58. The number of hydrogen-bond acceptors (Lipinski definition) is 2. The molecule has 1 heterocycles. The molecule has 13 heavy (non-hydrogen) atoms. The molecule has 0 spiro atoms. The number of rotatable bonds is 1. The fraction of sp³-hybridized carbons (Fsp3) is 0.300. The Morgan fingerprint density at radius 1 is 1.62 bits per heavy atom. The zero-order valence-electron chi connectivity index (χ0n) is 7.47. The lowest BCUT2D eigenvalue weighted by Gasteiger charge is -1.97. The minimum atomic E-state index is 0.557. The van der Waals surface area contributed by atoms with Gasteiger partial charge in [0.25, 0.3) is 0 Å². The van der Waals surface area contributed by atoms with Crippen molar-refractivity contribution in [2.45, 2.75) is 13.3 Å². The topological polar surface area (TPSA) is 38.9 Å². The van der Waals surface area contributed by atoms with E-state index in [0.717, 1.165) is 11.3 Å². The summed E-state index contributed by atoms with van der Waals surface area (Å²) < 4.78 is 0. The van der Waals surface area contributed by atoms with Crippen LogP contribution in [0.1, 0.15) is 17.7 Å². The Labute approximate surface area is 83.1 Å². The van der Waals surface area contributed by atoms with Crippen LogP contribution in [0, 0.1) is 18.8 Å². The molecule has 0 bridgehead atoms. The largest absolute Gasteiger partial charge is 0.397 e. The molecule has 1 rings (SSSR count). The SMILES string of the molecule is Cc1ncc(N)cc1C#CCCCl. The molecule has 2 N–H and O–H groups in total. The van der Waals surface area contributed by atoms with Crippen LogP contribution in [0.5, 0.6) is 0 Å². The van der Waals surface area contributed by atoms with Gasteiger partial charge in [0.15, 0.2) is 0 Å². The Bertz CT molecular complexity index is 350. The van der Waals surface area contributed by atoms with Crippen molar-refractivity contribution in [2.75, 3.05) is 11.6 Å². The van der Waals surface area contributed by atoms with Gasteiger partial charge in [0.2, 0.25) is 0 Å². The second-order valence-corrected chi connectivity index (χ2v) is 3.02. The molecule has 0 unspecified atom stereocenters. The summed E-state index contributed by atoms with van der Waals surface area (Å²) in [6.45, 7) is 1.91. The third-order valence-electron chi connectivity index (χ3n) is 1.55. The number of anilines is 1. The summed E-state index contributed by atoms with van der Waals surface area (Å²) in [6, 6.07) is 1.82. The van der Waals surface area contributed by atoms with Crippen LogP contribution >= 0.6 is 11.6 Å². The van der Waals surface area contributed by atoms with Crippen molar-refractivity contribution in [3.63, 3.8) is 0 Å². The monoisotopic (exact) mass is 194 g/mol. The summed E-state index contributed by atoms with van der Waals surface area (Å²) in [5.74, 6) is 6.48. The Morgan fingerprint density at radius 3 is 3.08 bits per heavy atom. The Hall–Kier alpha value is -1.20. The first-order valence-electron chi connectivity index (χ1n) is 4.01. The van der Waals surface area contributed by atoms with E-state index < -0.39 is 0 Å². The summed E-state index contributed by atoms with van der Waals surface area (Å²) in [7, 11) is 0. The number of nitrogens with zero attached hydrogens (tertiary/aromatic N) is 1. The van der Waals surface area contributed by atoms with Gasteiger partial charge >= 0.3 is 0 Å². The molecule has 0 saturated heterocycles. The van der Waals surface area contributed by atoms with Crippen molar-refractivity contribution in [1.29, 1.82) is 0 Å². The van der Waals surface area contributed by atoms with Crippen molar-refractivity contribution in [1.82, 2.24) is 4.98 Å². The van der Waals surface area contributed by atoms with Gasteiger partial charge in [0, 0.05) is 17.9 Å². The first-order chi connectivity index (χ1) is 6.24. The molecular formula is C10H11ClN2. The molecule has 3 heteroatoms. The molecule has 0 saturated carbocycles. The molecule has 0 aliphatic heterocycles. The van der Waals surface area contributed by atoms with Crippen LogP contribution in [0.3, 0.4) is 0 Å². The Balaban J connectivity index is 2.89. The van der Waals surface area contributed by atoms with Gasteiger partial charge in [-0.05, 0) is 13.0 Å². The van der Waals surface area contributed by atoms with Crippen LogP contribution < -0.4 is 5.73 Å². The van der Waals surface area contributed by atoms with E-state index in [1.807, 2.05) is 13.0 Å². The highest BCUT2D eigenvalue weighted by Gasteiger charge is 1.95.